The van der Waals surface area contributed by atoms with Crippen LogP contribution < -0.4 is 0 Å². The molecule has 120 valence electrons. The first-order valence-electron chi connectivity index (χ1n) is 8.98. The van der Waals surface area contributed by atoms with Crippen LogP contribution in [0, 0.1) is 0 Å². The highest BCUT2D eigenvalue weighted by molar-refractivity contribution is 5.73. The highest BCUT2D eigenvalue weighted by Crippen LogP contribution is 2.29. The number of carboxylic acid groups (broad SMARTS) is 1. The van der Waals surface area contributed by atoms with Gasteiger partial charge in [-0.25, -0.2) is 0 Å². The molecule has 3 rings (SSSR count). The van der Waals surface area contributed by atoms with E-state index in [2.05, 4.69) is 9.80 Å². The first-order valence-corrected chi connectivity index (χ1v) is 8.98. The lowest BCUT2D eigenvalue weighted by Gasteiger charge is -2.41. The van der Waals surface area contributed by atoms with Crippen LogP contribution in [-0.2, 0) is 4.79 Å². The van der Waals surface area contributed by atoms with Gasteiger partial charge in [-0.3, -0.25) is 9.69 Å². The maximum atomic E-state index is 11.4. The second-order valence-corrected chi connectivity index (χ2v) is 7.15. The standard InChI is InChI=1S/C17H30N2O2/c20-17(21)16-8-5-11-19(16)15-9-12-18(13-10-15)14-6-3-1-2-4-7-14/h14-16H,1-13H2,(H,20,21). The number of likely N-dealkylation sites (tertiary alicyclic amines) is 2. The van der Waals surface area contributed by atoms with Crippen molar-refractivity contribution in [2.24, 2.45) is 0 Å². The fourth-order valence-electron chi connectivity index (χ4n) is 4.70. The van der Waals surface area contributed by atoms with Crippen LogP contribution in [0.15, 0.2) is 0 Å². The normalized spacial score (nSPS) is 31.3. The van der Waals surface area contributed by atoms with Gasteiger partial charge in [0.1, 0.15) is 6.04 Å². The summed E-state index contributed by atoms with van der Waals surface area (Å²) < 4.78 is 0. The molecule has 0 spiro atoms. The van der Waals surface area contributed by atoms with E-state index in [1.54, 1.807) is 0 Å². The molecule has 2 heterocycles. The molecule has 0 aromatic carbocycles. The molecule has 0 aromatic heterocycles. The summed E-state index contributed by atoms with van der Waals surface area (Å²) in [6.07, 6.45) is 12.6. The lowest BCUT2D eigenvalue weighted by molar-refractivity contribution is -0.143. The number of piperidine rings is 1. The molecule has 1 N–H and O–H groups in total. The van der Waals surface area contributed by atoms with Gasteiger partial charge in [-0.2, -0.15) is 0 Å². The summed E-state index contributed by atoms with van der Waals surface area (Å²) in [7, 11) is 0. The number of rotatable bonds is 3. The first-order chi connectivity index (χ1) is 10.3. The molecule has 4 heteroatoms. The summed E-state index contributed by atoms with van der Waals surface area (Å²) in [5.74, 6) is -0.612. The van der Waals surface area contributed by atoms with E-state index in [0.717, 1.165) is 25.4 Å². The van der Waals surface area contributed by atoms with Crippen molar-refractivity contribution >= 4 is 5.97 Å². The van der Waals surface area contributed by atoms with Gasteiger partial charge in [0.2, 0.25) is 0 Å². The van der Waals surface area contributed by atoms with Crippen molar-refractivity contribution in [3.8, 4) is 0 Å². The topological polar surface area (TPSA) is 43.8 Å². The highest BCUT2D eigenvalue weighted by Gasteiger charge is 2.37. The summed E-state index contributed by atoms with van der Waals surface area (Å²) >= 11 is 0. The Morgan fingerprint density at radius 2 is 1.43 bits per heavy atom. The second-order valence-electron chi connectivity index (χ2n) is 7.15. The zero-order valence-electron chi connectivity index (χ0n) is 13.2. The molecule has 2 saturated heterocycles. The monoisotopic (exact) mass is 294 g/mol. The van der Waals surface area contributed by atoms with E-state index < -0.39 is 5.97 Å². The number of hydrogen-bond donors (Lipinski definition) is 1. The Bertz CT molecular complexity index is 345. The Morgan fingerprint density at radius 1 is 0.762 bits per heavy atom. The Morgan fingerprint density at radius 3 is 2.05 bits per heavy atom. The molecule has 0 bridgehead atoms. The van der Waals surface area contributed by atoms with Crippen LogP contribution >= 0.6 is 0 Å². The van der Waals surface area contributed by atoms with Crippen LogP contribution in [-0.4, -0.2) is 58.6 Å². The Hall–Kier alpha value is -0.610. The van der Waals surface area contributed by atoms with Gasteiger partial charge in [-0.05, 0) is 58.2 Å². The van der Waals surface area contributed by atoms with Gasteiger partial charge in [0, 0.05) is 12.1 Å². The molecule has 3 aliphatic rings. The number of nitrogens with zero attached hydrogens (tertiary/aromatic N) is 2. The molecule has 0 amide bonds. The van der Waals surface area contributed by atoms with E-state index in [9.17, 15) is 9.90 Å². The van der Waals surface area contributed by atoms with Crippen molar-refractivity contribution in [1.82, 2.24) is 9.80 Å². The minimum Gasteiger partial charge on any atom is -0.480 e. The van der Waals surface area contributed by atoms with Crippen molar-refractivity contribution in [3.63, 3.8) is 0 Å². The average molecular weight is 294 g/mol. The van der Waals surface area contributed by atoms with Crippen molar-refractivity contribution in [3.05, 3.63) is 0 Å². The summed E-state index contributed by atoms with van der Waals surface area (Å²) in [4.78, 5) is 16.3. The molecule has 1 atom stereocenters. The van der Waals surface area contributed by atoms with Crippen LogP contribution in [0.5, 0.6) is 0 Å². The van der Waals surface area contributed by atoms with Crippen LogP contribution in [0.4, 0.5) is 0 Å². The maximum absolute atomic E-state index is 11.4. The van der Waals surface area contributed by atoms with E-state index in [4.69, 9.17) is 0 Å². The zero-order valence-corrected chi connectivity index (χ0v) is 13.2. The lowest BCUT2D eigenvalue weighted by Crippen LogP contribution is -2.50. The van der Waals surface area contributed by atoms with Crippen LogP contribution in [0.25, 0.3) is 0 Å². The molecule has 21 heavy (non-hydrogen) atoms. The molecule has 1 unspecified atom stereocenters. The minimum atomic E-state index is -0.612. The molecule has 4 nitrogen and oxygen atoms in total. The van der Waals surface area contributed by atoms with Gasteiger partial charge in [0.25, 0.3) is 0 Å². The minimum absolute atomic E-state index is 0.209. The quantitative estimate of drug-likeness (QED) is 0.813. The van der Waals surface area contributed by atoms with Gasteiger partial charge in [-0.1, -0.05) is 25.7 Å². The van der Waals surface area contributed by atoms with Gasteiger partial charge >= 0.3 is 5.97 Å². The van der Waals surface area contributed by atoms with E-state index in [1.807, 2.05) is 0 Å². The van der Waals surface area contributed by atoms with Crippen LogP contribution in [0.1, 0.15) is 64.2 Å². The Balaban J connectivity index is 1.51. The van der Waals surface area contributed by atoms with E-state index in [-0.39, 0.29) is 6.04 Å². The largest absolute Gasteiger partial charge is 0.480 e. The molecule has 0 aromatic rings. The van der Waals surface area contributed by atoms with E-state index in [1.165, 1.54) is 64.5 Å². The third-order valence-corrected chi connectivity index (χ3v) is 5.89. The van der Waals surface area contributed by atoms with E-state index >= 15 is 0 Å². The molecule has 1 saturated carbocycles. The first kappa shape index (κ1) is 15.3. The average Bonchev–Trinajstić information content (AvgIpc) is 2.83. The van der Waals surface area contributed by atoms with Gasteiger partial charge < -0.3 is 10.0 Å². The van der Waals surface area contributed by atoms with Gasteiger partial charge in [0.05, 0.1) is 0 Å². The molecular weight excluding hydrogens is 264 g/mol. The number of carboxylic acids is 1. The second kappa shape index (κ2) is 7.10. The Labute approximate surface area is 128 Å². The molecular formula is C17H30N2O2. The van der Waals surface area contributed by atoms with Gasteiger partial charge in [-0.15, -0.1) is 0 Å². The Kier molecular flexibility index (Phi) is 5.17. The molecule has 3 fully saturated rings. The highest BCUT2D eigenvalue weighted by atomic mass is 16.4. The molecule has 2 aliphatic heterocycles. The van der Waals surface area contributed by atoms with Crippen molar-refractivity contribution in [1.29, 1.82) is 0 Å². The van der Waals surface area contributed by atoms with Crippen LogP contribution in [0.2, 0.25) is 0 Å². The predicted octanol–water partition coefficient (Wildman–Crippen LogP) is 2.72. The van der Waals surface area contributed by atoms with Crippen molar-refractivity contribution in [2.75, 3.05) is 19.6 Å². The zero-order chi connectivity index (χ0) is 14.7. The lowest BCUT2D eigenvalue weighted by atomic mass is 9.98. The van der Waals surface area contributed by atoms with Crippen molar-refractivity contribution in [2.45, 2.75) is 82.3 Å². The smallest absolute Gasteiger partial charge is 0.320 e. The number of aliphatic carboxylic acids is 1. The fourth-order valence-corrected chi connectivity index (χ4v) is 4.70. The number of hydrogen-bond acceptors (Lipinski definition) is 3. The third kappa shape index (κ3) is 3.59. The van der Waals surface area contributed by atoms with Crippen LogP contribution in [0.3, 0.4) is 0 Å². The maximum Gasteiger partial charge on any atom is 0.320 e. The summed E-state index contributed by atoms with van der Waals surface area (Å²) in [5.41, 5.74) is 0. The summed E-state index contributed by atoms with van der Waals surface area (Å²) in [5, 5.41) is 9.35. The number of carbonyl (C=O) groups is 1. The predicted molar refractivity (Wildman–Crippen MR) is 83.4 cm³/mol. The van der Waals surface area contributed by atoms with Gasteiger partial charge in [0.15, 0.2) is 0 Å². The third-order valence-electron chi connectivity index (χ3n) is 5.89. The van der Waals surface area contributed by atoms with E-state index in [0.29, 0.717) is 6.04 Å². The molecule has 1 aliphatic carbocycles. The molecule has 0 radical (unpaired) electrons. The van der Waals surface area contributed by atoms with Crippen molar-refractivity contribution < 1.29 is 9.90 Å². The fraction of sp³-hybridized carbons (Fsp3) is 0.941. The summed E-state index contributed by atoms with van der Waals surface area (Å²) in [6, 6.07) is 1.11. The summed E-state index contributed by atoms with van der Waals surface area (Å²) in [6.45, 7) is 3.35. The SMILES string of the molecule is O=C(O)C1CCCN1C1CCN(C2CCCCCC2)CC1.